The number of hydrogen-bond acceptors (Lipinski definition) is 4. The Morgan fingerprint density at radius 2 is 1.94 bits per heavy atom. The summed E-state index contributed by atoms with van der Waals surface area (Å²) < 4.78 is 6.54. The molecule has 5 aliphatic rings. The van der Waals surface area contributed by atoms with Gasteiger partial charge in [-0.2, -0.15) is 0 Å². The normalized spacial score (nSPS) is 49.7. The van der Waals surface area contributed by atoms with E-state index in [9.17, 15) is 15.0 Å². The number of Topliss-reactive ketones (excluding diaryl/α,β-unsaturated/α-hetero) is 1. The third-order valence-electron chi connectivity index (χ3n) is 10.9. The topological polar surface area (TPSA) is 66.8 Å². The van der Waals surface area contributed by atoms with E-state index in [4.69, 9.17) is 4.74 Å². The zero-order valence-corrected chi connectivity index (χ0v) is 19.9. The van der Waals surface area contributed by atoms with Gasteiger partial charge in [0.05, 0.1) is 11.9 Å². The van der Waals surface area contributed by atoms with Crippen molar-refractivity contribution in [1.29, 1.82) is 0 Å². The van der Waals surface area contributed by atoms with Gasteiger partial charge in [0.2, 0.25) is 0 Å². The number of carbonyl (C=O) groups excluding carboxylic acids is 1. The lowest BCUT2D eigenvalue weighted by atomic mass is 9.44. The van der Waals surface area contributed by atoms with Crippen LogP contribution in [0.2, 0.25) is 0 Å². The molecule has 31 heavy (non-hydrogen) atoms. The predicted octanol–water partition coefficient (Wildman–Crippen LogP) is 4.88. The lowest BCUT2D eigenvalue weighted by Crippen LogP contribution is -2.57. The fourth-order valence-corrected chi connectivity index (χ4v) is 8.97. The second-order valence-electron chi connectivity index (χ2n) is 12.3. The third-order valence-corrected chi connectivity index (χ3v) is 10.9. The first-order chi connectivity index (χ1) is 14.7. The molecular formula is C27H42O4. The van der Waals surface area contributed by atoms with Gasteiger partial charge in [0.1, 0.15) is 11.9 Å². The lowest BCUT2D eigenvalue weighted by molar-refractivity contribution is -0.158. The summed E-state index contributed by atoms with van der Waals surface area (Å²) in [6, 6.07) is 0. The Balaban J connectivity index is 1.41. The molecule has 3 unspecified atom stereocenters. The van der Waals surface area contributed by atoms with E-state index in [2.05, 4.69) is 27.7 Å². The molecule has 0 spiro atoms. The van der Waals surface area contributed by atoms with Crippen LogP contribution >= 0.6 is 0 Å². The van der Waals surface area contributed by atoms with Gasteiger partial charge in [0.15, 0.2) is 0 Å². The number of ether oxygens (including phenoxy) is 1. The highest BCUT2D eigenvalue weighted by molar-refractivity contribution is 5.87. The summed E-state index contributed by atoms with van der Waals surface area (Å²) in [6.07, 6.45) is 8.93. The number of ketones is 1. The van der Waals surface area contributed by atoms with E-state index in [0.717, 1.165) is 50.7 Å². The molecule has 0 aromatic heterocycles. The van der Waals surface area contributed by atoms with Crippen LogP contribution < -0.4 is 0 Å². The number of hydrogen-bond donors (Lipinski definition) is 2. The van der Waals surface area contributed by atoms with Gasteiger partial charge in [-0.15, -0.1) is 0 Å². The third kappa shape index (κ3) is 3.10. The number of fused-ring (bicyclic) bond motifs is 7. The fourth-order valence-electron chi connectivity index (χ4n) is 8.97. The van der Waals surface area contributed by atoms with Gasteiger partial charge in [-0.3, -0.25) is 4.79 Å². The van der Waals surface area contributed by atoms with Crippen molar-refractivity contribution in [3.63, 3.8) is 0 Å². The molecule has 0 aromatic carbocycles. The molecule has 4 aliphatic carbocycles. The molecule has 1 heterocycles. The highest BCUT2D eigenvalue weighted by Crippen LogP contribution is 2.68. The van der Waals surface area contributed by atoms with Crippen molar-refractivity contribution < 1.29 is 19.7 Å². The number of allylic oxidation sites excluding steroid dienone is 1. The van der Waals surface area contributed by atoms with Gasteiger partial charge in [-0.05, 0) is 92.4 Å². The van der Waals surface area contributed by atoms with E-state index in [1.54, 1.807) is 0 Å². The average Bonchev–Trinajstić information content (AvgIpc) is 3.22. The Morgan fingerprint density at radius 3 is 2.68 bits per heavy atom. The van der Waals surface area contributed by atoms with Crippen LogP contribution in [0.5, 0.6) is 0 Å². The van der Waals surface area contributed by atoms with Gasteiger partial charge in [0, 0.05) is 30.8 Å². The molecule has 5 rings (SSSR count). The van der Waals surface area contributed by atoms with Gasteiger partial charge in [-0.1, -0.05) is 20.8 Å². The van der Waals surface area contributed by atoms with Gasteiger partial charge in [0.25, 0.3) is 0 Å². The quantitative estimate of drug-likeness (QED) is 0.667. The van der Waals surface area contributed by atoms with Crippen molar-refractivity contribution in [2.24, 2.45) is 46.3 Å². The second-order valence-corrected chi connectivity index (χ2v) is 12.3. The molecule has 4 heteroatoms. The van der Waals surface area contributed by atoms with Crippen LogP contribution in [0.3, 0.4) is 0 Å². The van der Waals surface area contributed by atoms with E-state index in [-0.39, 0.29) is 41.5 Å². The Morgan fingerprint density at radius 1 is 1.16 bits per heavy atom. The van der Waals surface area contributed by atoms with E-state index >= 15 is 0 Å². The minimum atomic E-state index is -0.280. The van der Waals surface area contributed by atoms with Crippen molar-refractivity contribution in [1.82, 2.24) is 0 Å². The van der Waals surface area contributed by atoms with Crippen molar-refractivity contribution in [3.8, 4) is 0 Å². The molecule has 4 saturated carbocycles. The number of rotatable bonds is 4. The first kappa shape index (κ1) is 21.9. The average molecular weight is 431 g/mol. The van der Waals surface area contributed by atoms with Crippen molar-refractivity contribution in [3.05, 3.63) is 11.3 Å². The van der Waals surface area contributed by atoms with Crippen molar-refractivity contribution in [2.45, 2.75) is 97.7 Å². The monoisotopic (exact) mass is 430 g/mol. The van der Waals surface area contributed by atoms with Gasteiger partial charge >= 0.3 is 0 Å². The summed E-state index contributed by atoms with van der Waals surface area (Å²) in [7, 11) is 0. The highest BCUT2D eigenvalue weighted by Gasteiger charge is 2.67. The number of aliphatic hydroxyl groups is 2. The summed E-state index contributed by atoms with van der Waals surface area (Å²) in [5, 5.41) is 19.6. The Bertz CT molecular complexity index is 773. The summed E-state index contributed by atoms with van der Waals surface area (Å²) in [5.74, 6) is 4.23. The Kier molecular flexibility index (Phi) is 5.37. The predicted molar refractivity (Wildman–Crippen MR) is 120 cm³/mol. The van der Waals surface area contributed by atoms with Crippen LogP contribution in [0.15, 0.2) is 11.3 Å². The van der Waals surface area contributed by atoms with Crippen LogP contribution in [0.25, 0.3) is 0 Å². The first-order valence-corrected chi connectivity index (χ1v) is 12.9. The van der Waals surface area contributed by atoms with Crippen LogP contribution in [-0.2, 0) is 9.53 Å². The van der Waals surface area contributed by atoms with Crippen LogP contribution in [0.4, 0.5) is 0 Å². The highest BCUT2D eigenvalue weighted by atomic mass is 16.5. The Hall–Kier alpha value is -0.870. The zero-order chi connectivity index (χ0) is 22.1. The smallest absolute Gasteiger partial charge is 0.140 e. The molecule has 4 fully saturated rings. The number of aliphatic hydroxyl groups excluding tert-OH is 2. The standard InChI is InChI=1S/C27H42O4/c1-15(14-28)5-8-22-16(2)25-23(31-22)12-21-19-7-6-17-11-18(29)9-10-26(17,3)20(19)13-24(30)27(21,25)4/h15,17-21,23,25,28-29H,5-14H2,1-4H3/t15?,17?,18?,19-,20+,21+,23+,25+,26+,27-/m1/s1. The summed E-state index contributed by atoms with van der Waals surface area (Å²) in [4.78, 5) is 13.9. The molecule has 4 nitrogen and oxygen atoms in total. The molecule has 10 atom stereocenters. The van der Waals surface area contributed by atoms with Crippen LogP contribution in [0, 0.1) is 46.3 Å². The minimum absolute atomic E-state index is 0.141. The summed E-state index contributed by atoms with van der Waals surface area (Å²) >= 11 is 0. The van der Waals surface area contributed by atoms with E-state index in [0.29, 0.717) is 29.5 Å². The van der Waals surface area contributed by atoms with Crippen molar-refractivity contribution in [2.75, 3.05) is 6.61 Å². The lowest BCUT2D eigenvalue weighted by Gasteiger charge is -2.60. The molecule has 2 N–H and O–H groups in total. The maximum Gasteiger partial charge on any atom is 0.140 e. The molecule has 0 saturated heterocycles. The summed E-state index contributed by atoms with van der Waals surface area (Å²) in [6.45, 7) is 9.21. The largest absolute Gasteiger partial charge is 0.494 e. The van der Waals surface area contributed by atoms with E-state index in [1.807, 2.05) is 0 Å². The number of carbonyl (C=O) groups is 1. The molecule has 174 valence electrons. The molecule has 1 aliphatic heterocycles. The maximum atomic E-state index is 13.9. The van der Waals surface area contributed by atoms with Gasteiger partial charge < -0.3 is 14.9 Å². The SMILES string of the molecule is CC1=C(CCC(C)CO)O[C@H]2C[C@H]3[C@@H]4CCC5CC(O)CC[C@]5(C)[C@H]4CC(=O)[C@]3(C)[C@@H]12. The van der Waals surface area contributed by atoms with Crippen molar-refractivity contribution >= 4 is 5.78 Å². The molecule has 0 bridgehead atoms. The minimum Gasteiger partial charge on any atom is -0.494 e. The molecular weight excluding hydrogens is 388 g/mol. The van der Waals surface area contributed by atoms with E-state index < -0.39 is 0 Å². The zero-order valence-electron chi connectivity index (χ0n) is 19.9. The second kappa shape index (κ2) is 7.58. The molecule has 0 amide bonds. The fraction of sp³-hybridized carbons (Fsp3) is 0.889. The summed E-state index contributed by atoms with van der Waals surface area (Å²) in [5.41, 5.74) is 1.25. The molecule has 0 radical (unpaired) electrons. The first-order valence-electron chi connectivity index (χ1n) is 12.9. The van der Waals surface area contributed by atoms with Gasteiger partial charge in [-0.25, -0.2) is 0 Å². The molecule has 0 aromatic rings. The van der Waals surface area contributed by atoms with Crippen LogP contribution in [-0.4, -0.2) is 34.8 Å². The Labute approximate surface area is 187 Å². The maximum absolute atomic E-state index is 13.9. The van der Waals surface area contributed by atoms with E-state index in [1.165, 1.54) is 18.4 Å². The van der Waals surface area contributed by atoms with Crippen LogP contribution in [0.1, 0.15) is 85.5 Å².